The van der Waals surface area contributed by atoms with Gasteiger partial charge in [-0.25, -0.2) is 0 Å². The van der Waals surface area contributed by atoms with Crippen LogP contribution in [0.4, 0.5) is 0 Å². The van der Waals surface area contributed by atoms with Crippen molar-refractivity contribution in [1.29, 1.82) is 0 Å². The van der Waals surface area contributed by atoms with E-state index >= 15 is 0 Å². The lowest BCUT2D eigenvalue weighted by Crippen LogP contribution is -1.87. The van der Waals surface area contributed by atoms with Gasteiger partial charge in [-0.1, -0.05) is 19.9 Å². The minimum atomic E-state index is 0.737. The largest absolute Gasteiger partial charge is 0.263 e. The summed E-state index contributed by atoms with van der Waals surface area (Å²) in [6, 6.07) is 0. The van der Waals surface area contributed by atoms with Crippen LogP contribution in [0.25, 0.3) is 0 Å². The Bertz CT molecular complexity index is 175. The summed E-state index contributed by atoms with van der Waals surface area (Å²) in [5.41, 5.74) is 2.54. The molecule has 1 heterocycles. The smallest absolute Gasteiger partial charge is 0.0369 e. The van der Waals surface area contributed by atoms with Crippen LogP contribution in [0.1, 0.15) is 33.6 Å². The molecule has 10 heavy (non-hydrogen) atoms. The lowest BCUT2D eigenvalue weighted by atomic mass is 10.1. The fourth-order valence-electron chi connectivity index (χ4n) is 1.15. The van der Waals surface area contributed by atoms with E-state index in [1.165, 1.54) is 11.4 Å². The summed E-state index contributed by atoms with van der Waals surface area (Å²) >= 11 is 0. The zero-order chi connectivity index (χ0) is 7.56. The molecule has 0 unspecified atom stereocenters. The second-order valence-electron chi connectivity index (χ2n) is 3.34. The highest BCUT2D eigenvalue weighted by Gasteiger charge is 2.05. The molecule has 0 radical (unpaired) electrons. The van der Waals surface area contributed by atoms with E-state index in [-0.39, 0.29) is 0 Å². The third-order valence-electron chi connectivity index (χ3n) is 1.58. The van der Waals surface area contributed by atoms with Gasteiger partial charge < -0.3 is 0 Å². The number of hydrogen-bond donors (Lipinski definition) is 0. The maximum absolute atomic E-state index is 4.41. The van der Waals surface area contributed by atoms with Gasteiger partial charge in [0.15, 0.2) is 0 Å². The van der Waals surface area contributed by atoms with Gasteiger partial charge in [0.2, 0.25) is 0 Å². The van der Waals surface area contributed by atoms with E-state index in [0.29, 0.717) is 0 Å². The molecule has 0 saturated heterocycles. The van der Waals surface area contributed by atoms with Crippen molar-refractivity contribution < 1.29 is 0 Å². The molecular formula is C9H15N. The Balaban J connectivity index is 2.44. The molecule has 0 fully saturated rings. The molecule has 56 valence electrons. The van der Waals surface area contributed by atoms with Crippen LogP contribution in [0, 0.1) is 5.92 Å². The minimum absolute atomic E-state index is 0.737. The van der Waals surface area contributed by atoms with Crippen LogP contribution in [0.3, 0.4) is 0 Å². The first-order valence-corrected chi connectivity index (χ1v) is 3.91. The first-order valence-electron chi connectivity index (χ1n) is 3.91. The Morgan fingerprint density at radius 3 is 2.70 bits per heavy atom. The molecule has 1 aliphatic heterocycles. The number of rotatable bonds is 2. The molecule has 0 aromatic heterocycles. The van der Waals surface area contributed by atoms with Gasteiger partial charge in [-0.3, -0.25) is 4.99 Å². The Hall–Kier alpha value is -0.590. The summed E-state index contributed by atoms with van der Waals surface area (Å²) in [5.74, 6) is 0.737. The van der Waals surface area contributed by atoms with Gasteiger partial charge in [-0.2, -0.15) is 0 Å². The van der Waals surface area contributed by atoms with Gasteiger partial charge in [0.25, 0.3) is 0 Å². The van der Waals surface area contributed by atoms with Crippen molar-refractivity contribution in [1.82, 2.24) is 0 Å². The summed E-state index contributed by atoms with van der Waals surface area (Å²) in [5, 5.41) is 0. The summed E-state index contributed by atoms with van der Waals surface area (Å²) in [6.45, 7) is 6.54. The lowest BCUT2D eigenvalue weighted by Gasteiger charge is -2.00. The quantitative estimate of drug-likeness (QED) is 0.555. The third-order valence-corrected chi connectivity index (χ3v) is 1.58. The monoisotopic (exact) mass is 137 g/mol. The zero-order valence-corrected chi connectivity index (χ0v) is 7.02. The molecule has 1 heteroatoms. The SMILES string of the molecule is CC1=NC(CC(C)C)=CC1. The molecular weight excluding hydrogens is 122 g/mol. The summed E-state index contributed by atoms with van der Waals surface area (Å²) in [7, 11) is 0. The Morgan fingerprint density at radius 1 is 1.60 bits per heavy atom. The number of aliphatic imine (C=N–C) groups is 1. The van der Waals surface area contributed by atoms with E-state index in [1.54, 1.807) is 0 Å². The summed E-state index contributed by atoms with van der Waals surface area (Å²) in [4.78, 5) is 4.41. The van der Waals surface area contributed by atoms with Crippen molar-refractivity contribution in [3.05, 3.63) is 11.8 Å². The first kappa shape index (κ1) is 7.52. The van der Waals surface area contributed by atoms with E-state index in [4.69, 9.17) is 0 Å². The summed E-state index contributed by atoms with van der Waals surface area (Å²) in [6.07, 6.45) is 4.44. The van der Waals surface area contributed by atoms with E-state index in [1.807, 2.05) is 0 Å². The van der Waals surface area contributed by atoms with E-state index in [0.717, 1.165) is 18.8 Å². The van der Waals surface area contributed by atoms with Crippen LogP contribution >= 0.6 is 0 Å². The van der Waals surface area contributed by atoms with Gasteiger partial charge in [0.05, 0.1) is 0 Å². The van der Waals surface area contributed by atoms with Gasteiger partial charge in [0, 0.05) is 17.8 Å². The van der Waals surface area contributed by atoms with Gasteiger partial charge in [-0.05, 0) is 19.3 Å². The second kappa shape index (κ2) is 3.00. The zero-order valence-electron chi connectivity index (χ0n) is 7.02. The van der Waals surface area contributed by atoms with Gasteiger partial charge in [-0.15, -0.1) is 0 Å². The molecule has 1 rings (SSSR count). The second-order valence-corrected chi connectivity index (χ2v) is 3.34. The van der Waals surface area contributed by atoms with Gasteiger partial charge >= 0.3 is 0 Å². The van der Waals surface area contributed by atoms with Crippen LogP contribution in [0.15, 0.2) is 16.8 Å². The number of nitrogens with zero attached hydrogens (tertiary/aromatic N) is 1. The molecule has 0 amide bonds. The number of allylic oxidation sites excluding steroid dienone is 2. The normalized spacial score (nSPS) is 17.6. The van der Waals surface area contributed by atoms with E-state index in [2.05, 4.69) is 31.8 Å². The Morgan fingerprint density at radius 2 is 2.30 bits per heavy atom. The third kappa shape index (κ3) is 1.98. The molecule has 0 bridgehead atoms. The highest BCUT2D eigenvalue weighted by molar-refractivity contribution is 5.86. The van der Waals surface area contributed by atoms with Crippen LogP contribution in [0.2, 0.25) is 0 Å². The Labute approximate surface area is 62.9 Å². The molecule has 0 aromatic rings. The minimum Gasteiger partial charge on any atom is -0.263 e. The average molecular weight is 137 g/mol. The highest BCUT2D eigenvalue weighted by atomic mass is 14.8. The van der Waals surface area contributed by atoms with Crippen LogP contribution in [0.5, 0.6) is 0 Å². The Kier molecular flexibility index (Phi) is 2.25. The molecule has 1 aliphatic rings. The predicted octanol–water partition coefficient (Wildman–Crippen LogP) is 2.78. The molecule has 0 atom stereocenters. The maximum atomic E-state index is 4.41. The molecule has 0 aromatic carbocycles. The predicted molar refractivity (Wildman–Crippen MR) is 45.3 cm³/mol. The highest BCUT2D eigenvalue weighted by Crippen LogP contribution is 2.17. The molecule has 0 spiro atoms. The first-order chi connectivity index (χ1) is 4.68. The fourth-order valence-corrected chi connectivity index (χ4v) is 1.15. The van der Waals surface area contributed by atoms with Crippen LogP contribution in [-0.2, 0) is 0 Å². The standard InChI is InChI=1S/C9H15N/c1-7(2)6-9-5-4-8(3)10-9/h5,7H,4,6H2,1-3H3. The van der Waals surface area contributed by atoms with Crippen molar-refractivity contribution in [2.45, 2.75) is 33.6 Å². The van der Waals surface area contributed by atoms with E-state index in [9.17, 15) is 0 Å². The fraction of sp³-hybridized carbons (Fsp3) is 0.667. The van der Waals surface area contributed by atoms with Crippen molar-refractivity contribution in [2.75, 3.05) is 0 Å². The molecule has 0 N–H and O–H groups in total. The molecule has 0 saturated carbocycles. The summed E-state index contributed by atoms with van der Waals surface area (Å²) < 4.78 is 0. The lowest BCUT2D eigenvalue weighted by molar-refractivity contribution is 0.639. The van der Waals surface area contributed by atoms with Gasteiger partial charge in [0.1, 0.15) is 0 Å². The maximum Gasteiger partial charge on any atom is 0.0369 e. The van der Waals surface area contributed by atoms with Crippen LogP contribution < -0.4 is 0 Å². The van der Waals surface area contributed by atoms with Crippen molar-refractivity contribution in [3.8, 4) is 0 Å². The van der Waals surface area contributed by atoms with Crippen LogP contribution in [-0.4, -0.2) is 5.71 Å². The number of hydrogen-bond acceptors (Lipinski definition) is 1. The molecule has 0 aliphatic carbocycles. The van der Waals surface area contributed by atoms with Crippen molar-refractivity contribution in [2.24, 2.45) is 10.9 Å². The molecule has 1 nitrogen and oxygen atoms in total. The topological polar surface area (TPSA) is 12.4 Å². The average Bonchev–Trinajstić information content (AvgIpc) is 2.13. The van der Waals surface area contributed by atoms with E-state index < -0.39 is 0 Å². The van der Waals surface area contributed by atoms with Crippen molar-refractivity contribution >= 4 is 5.71 Å². The van der Waals surface area contributed by atoms with Crippen molar-refractivity contribution in [3.63, 3.8) is 0 Å².